The molecule has 0 aliphatic heterocycles. The van der Waals surface area contributed by atoms with E-state index in [4.69, 9.17) is 4.74 Å². The van der Waals surface area contributed by atoms with Gasteiger partial charge in [-0.05, 0) is 24.6 Å². The third-order valence-corrected chi connectivity index (χ3v) is 1.94. The number of carbonyl (C=O) groups excluding carboxylic acids is 2. The van der Waals surface area contributed by atoms with Gasteiger partial charge in [-0.15, -0.1) is 10.1 Å². The van der Waals surface area contributed by atoms with Gasteiger partial charge in [-0.3, -0.25) is 9.63 Å². The van der Waals surface area contributed by atoms with E-state index in [1.54, 1.807) is 18.2 Å². The van der Waals surface area contributed by atoms with Gasteiger partial charge in [0.1, 0.15) is 12.4 Å². The fraction of sp³-hybridized carbons (Fsp3) is 0.273. The van der Waals surface area contributed by atoms with Crippen molar-refractivity contribution >= 4 is 12.6 Å². The van der Waals surface area contributed by atoms with Crippen LogP contribution in [0.2, 0.25) is 0 Å². The van der Waals surface area contributed by atoms with Gasteiger partial charge in [0.2, 0.25) is 6.29 Å². The second kappa shape index (κ2) is 7.56. The second-order valence-corrected chi connectivity index (χ2v) is 3.41. The first-order chi connectivity index (χ1) is 9.51. The monoisotopic (exact) mass is 285 g/mol. The Morgan fingerprint density at radius 1 is 1.50 bits per heavy atom. The van der Waals surface area contributed by atoms with Gasteiger partial charge >= 0.3 is 6.16 Å². The largest absolute Gasteiger partial charge is 0.510 e. The zero-order valence-corrected chi connectivity index (χ0v) is 10.4. The molecule has 0 saturated heterocycles. The zero-order valence-electron chi connectivity index (χ0n) is 10.4. The minimum atomic E-state index is -1.37. The summed E-state index contributed by atoms with van der Waals surface area (Å²) >= 11 is 0. The molecule has 0 aromatic heterocycles. The van der Waals surface area contributed by atoms with Crippen molar-refractivity contribution in [2.75, 3.05) is 0 Å². The van der Waals surface area contributed by atoms with Gasteiger partial charge in [0.15, 0.2) is 0 Å². The van der Waals surface area contributed by atoms with E-state index in [0.717, 1.165) is 0 Å². The van der Waals surface area contributed by atoms with Crippen LogP contribution < -0.4 is 4.74 Å². The van der Waals surface area contributed by atoms with Gasteiger partial charge in [0, 0.05) is 0 Å². The van der Waals surface area contributed by atoms with Crippen molar-refractivity contribution in [1.29, 1.82) is 0 Å². The Hall–Kier alpha value is -2.84. The van der Waals surface area contributed by atoms with E-state index in [0.29, 0.717) is 11.3 Å². The molecule has 0 amide bonds. The van der Waals surface area contributed by atoms with Crippen molar-refractivity contribution in [3.05, 3.63) is 39.9 Å². The summed E-state index contributed by atoms with van der Waals surface area (Å²) in [5.41, 5.74) is 0.546. The van der Waals surface area contributed by atoms with Crippen LogP contribution in [-0.2, 0) is 25.7 Å². The summed E-state index contributed by atoms with van der Waals surface area (Å²) < 4.78 is 13.8. The van der Waals surface area contributed by atoms with Crippen molar-refractivity contribution < 1.29 is 33.7 Å². The maximum atomic E-state index is 11.2. The molecule has 1 rings (SSSR count). The minimum Gasteiger partial charge on any atom is -0.429 e. The molecule has 0 radical (unpaired) electrons. The first-order valence-electron chi connectivity index (χ1n) is 5.35. The van der Waals surface area contributed by atoms with Crippen molar-refractivity contribution in [1.82, 2.24) is 0 Å². The Labute approximate surface area is 113 Å². The van der Waals surface area contributed by atoms with Crippen LogP contribution in [0.5, 0.6) is 5.75 Å². The summed E-state index contributed by atoms with van der Waals surface area (Å²) in [7, 11) is 0. The maximum Gasteiger partial charge on any atom is 0.510 e. The molecule has 1 aromatic carbocycles. The highest BCUT2D eigenvalue weighted by Gasteiger charge is 2.14. The van der Waals surface area contributed by atoms with Crippen molar-refractivity contribution in [3.8, 4) is 5.75 Å². The first kappa shape index (κ1) is 15.2. The highest BCUT2D eigenvalue weighted by atomic mass is 17.0. The van der Waals surface area contributed by atoms with Gasteiger partial charge < -0.3 is 14.2 Å². The number of nitrogens with zero attached hydrogens (tertiary/aromatic N) is 1. The smallest absolute Gasteiger partial charge is 0.429 e. The molecule has 0 N–H and O–H groups in total. The van der Waals surface area contributed by atoms with Crippen LogP contribution in [0.25, 0.3) is 0 Å². The molecule has 108 valence electrons. The molecule has 1 aromatic rings. The van der Waals surface area contributed by atoms with Crippen LogP contribution in [0.4, 0.5) is 4.79 Å². The predicted octanol–water partition coefficient (Wildman–Crippen LogP) is 1.43. The van der Waals surface area contributed by atoms with Crippen LogP contribution in [0.15, 0.2) is 24.3 Å². The Balaban J connectivity index is 2.42. The Morgan fingerprint density at radius 2 is 2.25 bits per heavy atom. The molecule has 0 saturated carbocycles. The SMILES string of the molecule is CC(OC(=O)OCc1cccc(OC=O)c1)O[N+](=O)[O-]. The van der Waals surface area contributed by atoms with Crippen molar-refractivity contribution in [2.45, 2.75) is 19.8 Å². The topological polar surface area (TPSA) is 114 Å². The average molecular weight is 285 g/mol. The molecule has 0 bridgehead atoms. The number of rotatable bonds is 7. The lowest BCUT2D eigenvalue weighted by Crippen LogP contribution is -2.21. The Bertz CT molecular complexity index is 489. The molecule has 0 spiro atoms. The van der Waals surface area contributed by atoms with Gasteiger partial charge in [-0.2, -0.15) is 0 Å². The predicted molar refractivity (Wildman–Crippen MR) is 61.9 cm³/mol. The fourth-order valence-electron chi connectivity index (χ4n) is 1.22. The van der Waals surface area contributed by atoms with Gasteiger partial charge in [-0.1, -0.05) is 12.1 Å². The molecule has 1 unspecified atom stereocenters. The number of hydrogen-bond acceptors (Lipinski definition) is 8. The van der Waals surface area contributed by atoms with E-state index >= 15 is 0 Å². The Kier molecular flexibility index (Phi) is 5.75. The number of carbonyl (C=O) groups is 2. The van der Waals surface area contributed by atoms with Crippen molar-refractivity contribution in [3.63, 3.8) is 0 Å². The molecule has 9 heteroatoms. The van der Waals surface area contributed by atoms with Crippen LogP contribution in [0.3, 0.4) is 0 Å². The van der Waals surface area contributed by atoms with Crippen LogP contribution >= 0.6 is 0 Å². The molecular weight excluding hydrogens is 274 g/mol. The van der Waals surface area contributed by atoms with Crippen molar-refractivity contribution in [2.24, 2.45) is 0 Å². The van der Waals surface area contributed by atoms with E-state index in [1.807, 2.05) is 0 Å². The third-order valence-electron chi connectivity index (χ3n) is 1.94. The highest BCUT2D eigenvalue weighted by Crippen LogP contribution is 2.13. The van der Waals surface area contributed by atoms with Gasteiger partial charge in [-0.25, -0.2) is 4.79 Å². The number of ether oxygens (including phenoxy) is 3. The summed E-state index contributed by atoms with van der Waals surface area (Å²) in [6.07, 6.45) is -2.50. The molecular formula is C11H11NO8. The fourth-order valence-corrected chi connectivity index (χ4v) is 1.22. The van der Waals surface area contributed by atoms with E-state index in [2.05, 4.69) is 14.3 Å². The van der Waals surface area contributed by atoms with Crippen LogP contribution in [0, 0.1) is 10.1 Å². The molecule has 0 aliphatic carbocycles. The first-order valence-corrected chi connectivity index (χ1v) is 5.35. The highest BCUT2D eigenvalue weighted by molar-refractivity contribution is 5.60. The average Bonchev–Trinajstić information content (AvgIpc) is 2.36. The second-order valence-electron chi connectivity index (χ2n) is 3.41. The van der Waals surface area contributed by atoms with E-state index in [1.165, 1.54) is 13.0 Å². The maximum absolute atomic E-state index is 11.2. The lowest BCUT2D eigenvalue weighted by atomic mass is 10.2. The summed E-state index contributed by atoms with van der Waals surface area (Å²) in [6.45, 7) is 1.29. The summed E-state index contributed by atoms with van der Waals surface area (Å²) in [4.78, 5) is 35.3. The molecule has 1 atom stereocenters. The lowest BCUT2D eigenvalue weighted by Gasteiger charge is -2.11. The standard InChI is InChI=1S/C11H11NO8/c1-8(20-12(15)16)19-11(14)17-6-9-3-2-4-10(5-9)18-7-13/h2-5,7-8H,6H2,1H3. The van der Waals surface area contributed by atoms with Crippen LogP contribution in [-0.4, -0.2) is 24.0 Å². The van der Waals surface area contributed by atoms with E-state index in [9.17, 15) is 19.7 Å². The Morgan fingerprint density at radius 3 is 2.90 bits per heavy atom. The van der Waals surface area contributed by atoms with Crippen LogP contribution in [0.1, 0.15) is 12.5 Å². The van der Waals surface area contributed by atoms with E-state index < -0.39 is 17.5 Å². The minimum absolute atomic E-state index is 0.153. The quantitative estimate of drug-likeness (QED) is 0.243. The molecule has 20 heavy (non-hydrogen) atoms. The zero-order chi connectivity index (χ0) is 15.0. The number of hydrogen-bond donors (Lipinski definition) is 0. The molecule has 0 aliphatic rings. The number of benzene rings is 1. The van der Waals surface area contributed by atoms with Gasteiger partial charge in [0.05, 0.1) is 0 Å². The molecule has 0 fully saturated rings. The lowest BCUT2D eigenvalue weighted by molar-refractivity contribution is -0.777. The third kappa shape index (κ3) is 5.67. The summed E-state index contributed by atoms with van der Waals surface area (Å²) in [5.74, 6) is 0.291. The van der Waals surface area contributed by atoms with Gasteiger partial charge in [0.25, 0.3) is 11.6 Å². The normalized spacial score (nSPS) is 11.1. The van der Waals surface area contributed by atoms with E-state index in [-0.39, 0.29) is 13.1 Å². The molecule has 9 nitrogen and oxygen atoms in total. The summed E-state index contributed by atoms with van der Waals surface area (Å²) in [6, 6.07) is 6.26. The molecule has 0 heterocycles. The summed E-state index contributed by atoms with van der Waals surface area (Å²) in [5, 5.41) is 8.89.